The Kier molecular flexibility index (Phi) is 7.45. The molecule has 0 fully saturated rings. The van der Waals surface area contributed by atoms with Crippen LogP contribution < -0.4 is 5.73 Å². The molecule has 0 radical (unpaired) electrons. The van der Waals surface area contributed by atoms with E-state index < -0.39 is 36.2 Å². The van der Waals surface area contributed by atoms with Gasteiger partial charge in [-0.2, -0.15) is 27.1 Å². The third kappa shape index (κ3) is 5.96. The predicted octanol–water partition coefficient (Wildman–Crippen LogP) is 5.33. The molecule has 13 nitrogen and oxygen atoms in total. The fraction of sp³-hybridized carbons (Fsp3) is 0. The largest absolute Gasteiger partial charge is 0.398 e. The number of anilines is 1. The number of rotatable bonds is 7. The van der Waals surface area contributed by atoms with Crippen molar-refractivity contribution in [2.24, 2.45) is 20.5 Å². The van der Waals surface area contributed by atoms with Gasteiger partial charge in [-0.1, -0.05) is 12.1 Å². The number of fused-ring (bicyclic) bond motifs is 1. The molecule has 16 heteroatoms. The Morgan fingerprint density at radius 2 is 1.32 bits per heavy atom. The molecule has 0 aliphatic rings. The minimum Gasteiger partial charge on any atom is -0.398 e. The van der Waals surface area contributed by atoms with Gasteiger partial charge in [-0.15, -0.1) is 10.2 Å². The van der Waals surface area contributed by atoms with Gasteiger partial charge < -0.3 is 10.3 Å². The molecule has 0 amide bonds. The summed E-state index contributed by atoms with van der Waals surface area (Å²) in [7, 11) is -9.15. The van der Waals surface area contributed by atoms with Crippen molar-refractivity contribution in [2.45, 2.75) is 14.7 Å². The average Bonchev–Trinajstić information content (AvgIpc) is 2.86. The molecule has 0 aromatic heterocycles. The summed E-state index contributed by atoms with van der Waals surface area (Å²) in [5.74, 6) is 0. The van der Waals surface area contributed by atoms with Gasteiger partial charge in [0.05, 0.1) is 26.9 Å². The highest BCUT2D eigenvalue weighted by molar-refractivity contribution is 7.86. The van der Waals surface area contributed by atoms with Crippen molar-refractivity contribution in [3.63, 3.8) is 0 Å². The highest BCUT2D eigenvalue weighted by Gasteiger charge is 2.17. The molecule has 0 saturated carbocycles. The van der Waals surface area contributed by atoms with Gasteiger partial charge in [-0.25, -0.2) is 4.21 Å². The van der Waals surface area contributed by atoms with Gasteiger partial charge in [-0.05, 0) is 60.7 Å². The van der Waals surface area contributed by atoms with Crippen molar-refractivity contribution in [3.05, 3.63) is 72.8 Å². The minimum atomic E-state index is -4.78. The van der Waals surface area contributed by atoms with Gasteiger partial charge >= 0.3 is 0 Å². The summed E-state index contributed by atoms with van der Waals surface area (Å²) in [6, 6.07) is 15.9. The lowest BCUT2D eigenvalue weighted by Gasteiger charge is -2.08. The van der Waals surface area contributed by atoms with E-state index in [1.54, 1.807) is 6.07 Å². The van der Waals surface area contributed by atoms with Crippen molar-refractivity contribution in [2.75, 3.05) is 5.73 Å². The summed E-state index contributed by atoms with van der Waals surface area (Å²) in [4.78, 5) is -0.885. The normalized spacial score (nSPS) is 13.4. The molecule has 4 aromatic rings. The Balaban J connectivity index is 1.70. The van der Waals surface area contributed by atoms with Crippen molar-refractivity contribution >= 4 is 70.5 Å². The molecule has 5 N–H and O–H groups in total. The lowest BCUT2D eigenvalue weighted by molar-refractivity contribution is 0.481. The number of azo groups is 2. The van der Waals surface area contributed by atoms with Gasteiger partial charge in [0.15, 0.2) is 11.1 Å². The molecule has 1 atom stereocenters. The maximum Gasteiger partial charge on any atom is 0.296 e. The first kappa shape index (κ1) is 27.1. The van der Waals surface area contributed by atoms with Gasteiger partial charge in [0.2, 0.25) is 0 Å². The SMILES string of the molecule is Nc1ccc(/N=N/c2ccc(/N=N/c3ccc(S(=O)(=O)O)cc3)cc2S(=O)(=O)O)c2cccc(S(=O)O)c12. The van der Waals surface area contributed by atoms with Crippen LogP contribution in [0, 0.1) is 0 Å². The Labute approximate surface area is 218 Å². The van der Waals surface area contributed by atoms with E-state index in [9.17, 15) is 30.1 Å². The fourth-order valence-corrected chi connectivity index (χ4v) is 5.10. The second kappa shape index (κ2) is 10.4. The summed E-state index contributed by atoms with van der Waals surface area (Å²) in [6.45, 7) is 0. The molecule has 0 aliphatic carbocycles. The van der Waals surface area contributed by atoms with Crippen molar-refractivity contribution in [3.8, 4) is 0 Å². The summed E-state index contributed by atoms with van der Waals surface area (Å²) in [5.41, 5.74) is 6.43. The maximum absolute atomic E-state index is 12.0. The number of nitrogens with two attached hydrogens (primary N) is 1. The minimum absolute atomic E-state index is 0.0171. The van der Waals surface area contributed by atoms with Crippen LogP contribution in [0.5, 0.6) is 0 Å². The van der Waals surface area contributed by atoms with Crippen LogP contribution in [0.15, 0.2) is 108 Å². The van der Waals surface area contributed by atoms with Gasteiger partial charge in [0, 0.05) is 16.5 Å². The zero-order chi connectivity index (χ0) is 27.7. The number of nitrogens with zero attached hydrogens (tertiary/aromatic N) is 4. The van der Waals surface area contributed by atoms with E-state index in [0.717, 1.165) is 18.2 Å². The molecule has 0 bridgehead atoms. The smallest absolute Gasteiger partial charge is 0.296 e. The fourth-order valence-electron chi connectivity index (χ4n) is 3.38. The van der Waals surface area contributed by atoms with Crippen LogP contribution in [0.1, 0.15) is 0 Å². The number of benzene rings is 4. The third-order valence-electron chi connectivity index (χ3n) is 5.10. The molecule has 0 spiro atoms. The third-order valence-corrected chi connectivity index (χ3v) is 7.57. The van der Waals surface area contributed by atoms with E-state index >= 15 is 0 Å². The number of hydrogen-bond donors (Lipinski definition) is 4. The first-order chi connectivity index (χ1) is 17.8. The zero-order valence-electron chi connectivity index (χ0n) is 18.9. The molecule has 1 unspecified atom stereocenters. The van der Waals surface area contributed by atoms with Crippen LogP contribution in [0.25, 0.3) is 10.8 Å². The van der Waals surface area contributed by atoms with Crippen LogP contribution in [0.3, 0.4) is 0 Å². The van der Waals surface area contributed by atoms with Gasteiger partial charge in [0.25, 0.3) is 20.2 Å². The van der Waals surface area contributed by atoms with Crippen LogP contribution in [0.2, 0.25) is 0 Å². The average molecular weight is 576 g/mol. The van der Waals surface area contributed by atoms with E-state index in [1.165, 1.54) is 48.5 Å². The van der Waals surface area contributed by atoms with Gasteiger partial charge in [0.1, 0.15) is 10.6 Å². The summed E-state index contributed by atoms with van der Waals surface area (Å²) >= 11 is -2.32. The van der Waals surface area contributed by atoms with Crippen molar-refractivity contribution < 1.29 is 34.7 Å². The Morgan fingerprint density at radius 1 is 0.711 bits per heavy atom. The first-order valence-electron chi connectivity index (χ1n) is 10.3. The molecule has 0 aliphatic heterocycles. The molecule has 0 saturated heterocycles. The Bertz CT molecular complexity index is 1860. The summed E-state index contributed by atoms with van der Waals surface area (Å²) in [6.07, 6.45) is 0. The van der Waals surface area contributed by atoms with Gasteiger partial charge in [-0.3, -0.25) is 9.11 Å². The Morgan fingerprint density at radius 3 is 1.95 bits per heavy atom. The quantitative estimate of drug-likeness (QED) is 0.0966. The lowest BCUT2D eigenvalue weighted by Crippen LogP contribution is -1.98. The molecule has 38 heavy (non-hydrogen) atoms. The lowest BCUT2D eigenvalue weighted by atomic mass is 10.1. The highest BCUT2D eigenvalue weighted by atomic mass is 32.2. The summed E-state index contributed by atoms with van der Waals surface area (Å²) in [5, 5.41) is 16.4. The second-order valence-electron chi connectivity index (χ2n) is 7.60. The summed E-state index contributed by atoms with van der Waals surface area (Å²) < 4.78 is 86.3. The van der Waals surface area contributed by atoms with E-state index in [4.69, 9.17) is 10.3 Å². The molecule has 196 valence electrons. The van der Waals surface area contributed by atoms with Crippen molar-refractivity contribution in [1.82, 2.24) is 0 Å². The van der Waals surface area contributed by atoms with Crippen molar-refractivity contribution in [1.29, 1.82) is 0 Å². The van der Waals surface area contributed by atoms with E-state index in [-0.39, 0.29) is 38.2 Å². The zero-order valence-corrected chi connectivity index (χ0v) is 21.4. The predicted molar refractivity (Wildman–Crippen MR) is 138 cm³/mol. The molecular weight excluding hydrogens is 558 g/mol. The van der Waals surface area contributed by atoms with Crippen LogP contribution in [0.4, 0.5) is 28.4 Å². The maximum atomic E-state index is 12.0. The van der Waals surface area contributed by atoms with Crippen LogP contribution in [-0.2, 0) is 31.3 Å². The first-order valence-corrected chi connectivity index (χ1v) is 14.3. The Hall–Kier alpha value is -3.93. The second-order valence-corrected chi connectivity index (χ2v) is 11.3. The monoisotopic (exact) mass is 575 g/mol. The molecule has 4 rings (SSSR count). The molecule has 0 heterocycles. The van der Waals surface area contributed by atoms with Crippen LogP contribution in [-0.4, -0.2) is 34.7 Å². The van der Waals surface area contributed by atoms with E-state index in [0.29, 0.717) is 10.8 Å². The number of hydrogen-bond acceptors (Lipinski definition) is 10. The molecule has 4 aromatic carbocycles. The van der Waals surface area contributed by atoms with E-state index in [2.05, 4.69) is 20.5 Å². The molecular formula is C22H17N5O8S3. The van der Waals surface area contributed by atoms with Crippen LogP contribution >= 0.6 is 0 Å². The number of nitrogen functional groups attached to an aromatic ring is 1. The standard InChI is InChI=1S/C22H17N5O8S3/c23-17-9-11-18(16-2-1-3-20(22(16)17)36(28)29)26-27-19-10-6-14(12-21(19)38(33,34)35)25-24-13-4-7-15(8-5-13)37(30,31)32/h1-12H,23H2,(H,28,29)(H,30,31,32)(H,33,34,35)/b25-24+,27-26+. The highest BCUT2D eigenvalue weighted by Crippen LogP contribution is 2.36. The topological polar surface area (TPSA) is 221 Å². The van der Waals surface area contributed by atoms with E-state index in [1.807, 2.05) is 0 Å².